The predicted octanol–water partition coefficient (Wildman–Crippen LogP) is -2.30. The number of hydrogen-bond donors (Lipinski definition) is 4. The summed E-state index contributed by atoms with van der Waals surface area (Å²) in [7, 11) is 0. The Labute approximate surface area is 165 Å². The molecule has 0 aromatic heterocycles. The number of aliphatic hydroxyl groups is 4. The Bertz CT molecular complexity index is 746. The molecule has 11 nitrogen and oxygen atoms in total. The molecule has 0 spiro atoms. The van der Waals surface area contributed by atoms with Crippen molar-refractivity contribution < 1.29 is 53.7 Å². The van der Waals surface area contributed by atoms with Crippen LogP contribution < -0.4 is 0 Å². The second kappa shape index (κ2) is 7.67. The fourth-order valence-corrected chi connectivity index (χ4v) is 4.09. The third kappa shape index (κ3) is 3.54. The molecule has 0 saturated carbocycles. The number of hydrogen-bond acceptors (Lipinski definition) is 11. The minimum absolute atomic E-state index is 0.0206. The molecule has 0 aromatic rings. The van der Waals surface area contributed by atoms with Crippen LogP contribution in [-0.4, -0.2) is 88.7 Å². The van der Waals surface area contributed by atoms with Gasteiger partial charge in [0.25, 0.3) is 0 Å². The zero-order chi connectivity index (χ0) is 20.9. The highest BCUT2D eigenvalue weighted by atomic mass is 16.7. The predicted molar refractivity (Wildman–Crippen MR) is 89.4 cm³/mol. The van der Waals surface area contributed by atoms with Gasteiger partial charge in [-0.25, -0.2) is 4.79 Å². The van der Waals surface area contributed by atoms with Gasteiger partial charge in [-0.2, -0.15) is 0 Å². The average molecular weight is 414 g/mol. The summed E-state index contributed by atoms with van der Waals surface area (Å²) in [5.41, 5.74) is 1.02. The highest BCUT2D eigenvalue weighted by Crippen LogP contribution is 2.48. The first kappa shape index (κ1) is 20.3. The number of ether oxygens (including phenoxy) is 5. The average Bonchev–Trinajstić information content (AvgIpc) is 3.20. The van der Waals surface area contributed by atoms with Crippen LogP contribution in [0.3, 0.4) is 0 Å². The van der Waals surface area contributed by atoms with Gasteiger partial charge in [-0.1, -0.05) is 0 Å². The second-order valence-corrected chi connectivity index (χ2v) is 7.39. The van der Waals surface area contributed by atoms with Crippen molar-refractivity contribution in [2.45, 2.75) is 50.0 Å². The molecule has 160 valence electrons. The molecule has 2 fully saturated rings. The summed E-state index contributed by atoms with van der Waals surface area (Å²) >= 11 is 0. The minimum Gasteiger partial charge on any atom is -0.471 e. The van der Waals surface area contributed by atoms with Gasteiger partial charge in [0.1, 0.15) is 37.1 Å². The van der Waals surface area contributed by atoms with Crippen LogP contribution in [0.2, 0.25) is 0 Å². The van der Waals surface area contributed by atoms with E-state index < -0.39 is 61.0 Å². The Hall–Kier alpha value is -2.02. The summed E-state index contributed by atoms with van der Waals surface area (Å²) in [5.74, 6) is -1.79. The summed E-state index contributed by atoms with van der Waals surface area (Å²) in [6.07, 6.45) is -6.02. The second-order valence-electron chi connectivity index (χ2n) is 7.39. The smallest absolute Gasteiger partial charge is 0.338 e. The van der Waals surface area contributed by atoms with E-state index in [2.05, 4.69) is 0 Å². The molecular formula is C18H22O11. The molecule has 9 atom stereocenters. The van der Waals surface area contributed by atoms with Gasteiger partial charge < -0.3 is 44.1 Å². The molecule has 4 rings (SSSR count). The standard InChI is InChI=1S/C18H22O11/c1-6(19)25-3-7-2-9-12-8(16(23)28-9)4-26-18(11(7)12)27-5-10-13(20)14(21)15(22)17(24)29-10/h2,4,9-15,17-18,20-22,24H,3,5H2,1H3/t9-,10+,11+,12-,13+,14-,15+,17+,18-/m0/s1. The molecule has 4 aliphatic rings. The van der Waals surface area contributed by atoms with Gasteiger partial charge in [-0.15, -0.1) is 0 Å². The van der Waals surface area contributed by atoms with Crippen molar-refractivity contribution >= 4 is 11.9 Å². The van der Waals surface area contributed by atoms with Crippen LogP contribution in [0.15, 0.2) is 23.5 Å². The molecular weight excluding hydrogens is 392 g/mol. The third-order valence-corrected chi connectivity index (χ3v) is 5.56. The normalized spacial score (nSPS) is 43.1. The van der Waals surface area contributed by atoms with Crippen LogP contribution in [0, 0.1) is 11.8 Å². The summed E-state index contributed by atoms with van der Waals surface area (Å²) < 4.78 is 26.8. The summed E-state index contributed by atoms with van der Waals surface area (Å²) in [4.78, 5) is 23.2. The van der Waals surface area contributed by atoms with E-state index in [1.54, 1.807) is 6.08 Å². The largest absolute Gasteiger partial charge is 0.471 e. The number of esters is 2. The number of carbonyl (C=O) groups excluding carboxylic acids is 2. The van der Waals surface area contributed by atoms with Gasteiger partial charge in [-0.05, 0) is 11.6 Å². The van der Waals surface area contributed by atoms with E-state index in [1.165, 1.54) is 13.2 Å². The molecule has 29 heavy (non-hydrogen) atoms. The van der Waals surface area contributed by atoms with Gasteiger partial charge in [0, 0.05) is 12.8 Å². The van der Waals surface area contributed by atoms with E-state index in [-0.39, 0.29) is 19.1 Å². The van der Waals surface area contributed by atoms with Gasteiger partial charge >= 0.3 is 11.9 Å². The molecule has 11 heteroatoms. The minimum atomic E-state index is -1.68. The van der Waals surface area contributed by atoms with Crippen LogP contribution in [0.5, 0.6) is 0 Å². The van der Waals surface area contributed by atoms with E-state index in [1.807, 2.05) is 0 Å². The third-order valence-electron chi connectivity index (χ3n) is 5.56. The first-order valence-corrected chi connectivity index (χ1v) is 9.17. The first-order valence-electron chi connectivity index (χ1n) is 9.17. The quantitative estimate of drug-likeness (QED) is 0.283. The van der Waals surface area contributed by atoms with Crippen LogP contribution >= 0.6 is 0 Å². The van der Waals surface area contributed by atoms with E-state index in [0.717, 1.165) is 0 Å². The lowest BCUT2D eigenvalue weighted by Crippen LogP contribution is -2.59. The first-order chi connectivity index (χ1) is 13.8. The summed E-state index contributed by atoms with van der Waals surface area (Å²) in [5, 5.41) is 39.0. The van der Waals surface area contributed by atoms with Crippen molar-refractivity contribution in [3.8, 4) is 0 Å². The van der Waals surface area contributed by atoms with Gasteiger partial charge in [0.15, 0.2) is 6.29 Å². The molecule has 1 aliphatic carbocycles. The van der Waals surface area contributed by atoms with Crippen LogP contribution in [0.4, 0.5) is 0 Å². The number of carbonyl (C=O) groups is 2. The Balaban J connectivity index is 1.48. The molecule has 3 aliphatic heterocycles. The van der Waals surface area contributed by atoms with Crippen molar-refractivity contribution in [1.29, 1.82) is 0 Å². The molecule has 0 amide bonds. The zero-order valence-corrected chi connectivity index (χ0v) is 15.4. The van der Waals surface area contributed by atoms with Gasteiger partial charge in [0.2, 0.25) is 6.29 Å². The monoisotopic (exact) mass is 414 g/mol. The Kier molecular flexibility index (Phi) is 5.36. The zero-order valence-electron chi connectivity index (χ0n) is 15.4. The Morgan fingerprint density at radius 2 is 1.90 bits per heavy atom. The lowest BCUT2D eigenvalue weighted by molar-refractivity contribution is -0.297. The SMILES string of the molecule is CC(=O)OCC1=C[C@@H]2OC(=O)C3=CO[C@@H](OC[C@H]4O[C@@H](O)[C@H](O)[C@@H](O)[C@@H]4O)[C@H]1[C@@H]32. The van der Waals surface area contributed by atoms with Gasteiger partial charge in [0.05, 0.1) is 24.4 Å². The van der Waals surface area contributed by atoms with E-state index in [4.69, 9.17) is 23.7 Å². The molecule has 2 saturated heterocycles. The van der Waals surface area contributed by atoms with E-state index in [9.17, 15) is 30.0 Å². The molecule has 0 radical (unpaired) electrons. The van der Waals surface area contributed by atoms with Crippen molar-refractivity contribution in [2.75, 3.05) is 13.2 Å². The maximum atomic E-state index is 12.0. The Morgan fingerprint density at radius 3 is 2.62 bits per heavy atom. The molecule has 4 N–H and O–H groups in total. The number of aliphatic hydroxyl groups excluding tert-OH is 4. The van der Waals surface area contributed by atoms with Crippen molar-refractivity contribution in [3.05, 3.63) is 23.5 Å². The fourth-order valence-electron chi connectivity index (χ4n) is 4.09. The molecule has 0 aromatic carbocycles. The maximum absolute atomic E-state index is 12.0. The molecule has 3 heterocycles. The Morgan fingerprint density at radius 1 is 1.14 bits per heavy atom. The maximum Gasteiger partial charge on any atom is 0.338 e. The van der Waals surface area contributed by atoms with Crippen molar-refractivity contribution in [1.82, 2.24) is 0 Å². The molecule has 0 bridgehead atoms. The lowest BCUT2D eigenvalue weighted by atomic mass is 9.84. The van der Waals surface area contributed by atoms with Crippen LogP contribution in [0.25, 0.3) is 0 Å². The highest BCUT2D eigenvalue weighted by molar-refractivity contribution is 5.92. The molecule has 0 unspecified atom stereocenters. The van der Waals surface area contributed by atoms with E-state index >= 15 is 0 Å². The summed E-state index contributed by atoms with van der Waals surface area (Å²) in [6.45, 7) is 0.979. The van der Waals surface area contributed by atoms with E-state index in [0.29, 0.717) is 11.1 Å². The van der Waals surface area contributed by atoms with Gasteiger partial charge in [-0.3, -0.25) is 4.79 Å². The van der Waals surface area contributed by atoms with Crippen LogP contribution in [0.1, 0.15) is 6.92 Å². The van der Waals surface area contributed by atoms with Crippen molar-refractivity contribution in [2.24, 2.45) is 11.8 Å². The topological polar surface area (TPSA) is 161 Å². The fraction of sp³-hybridized carbons (Fsp3) is 0.667. The van der Waals surface area contributed by atoms with Crippen LogP contribution in [-0.2, 0) is 33.3 Å². The summed E-state index contributed by atoms with van der Waals surface area (Å²) in [6, 6.07) is 0. The van der Waals surface area contributed by atoms with Crippen molar-refractivity contribution in [3.63, 3.8) is 0 Å². The highest BCUT2D eigenvalue weighted by Gasteiger charge is 2.55. The number of rotatable bonds is 5. The lowest BCUT2D eigenvalue weighted by Gasteiger charge is -2.39.